The second-order valence-corrected chi connectivity index (χ2v) is 7.18. The molecule has 2 amide bonds. The number of carbonyl (C=O) groups is 2. The van der Waals surface area contributed by atoms with Gasteiger partial charge < -0.3 is 15.0 Å². The first-order valence-electron chi connectivity index (χ1n) is 7.71. The van der Waals surface area contributed by atoms with Crippen LogP contribution in [0.15, 0.2) is 23.2 Å². The van der Waals surface area contributed by atoms with E-state index < -0.39 is 5.25 Å². The summed E-state index contributed by atoms with van der Waals surface area (Å²) in [4.78, 5) is 30.5. The Morgan fingerprint density at radius 1 is 1.46 bits per heavy atom. The third-order valence-electron chi connectivity index (χ3n) is 3.92. The van der Waals surface area contributed by atoms with Gasteiger partial charge in [-0.2, -0.15) is 4.99 Å². The number of hydrogen-bond acceptors (Lipinski definition) is 5. The zero-order chi connectivity index (χ0) is 17.1. The van der Waals surface area contributed by atoms with Crippen LogP contribution in [0.3, 0.4) is 0 Å². The molecule has 8 heteroatoms. The van der Waals surface area contributed by atoms with Gasteiger partial charge in [0, 0.05) is 30.2 Å². The van der Waals surface area contributed by atoms with Crippen LogP contribution in [-0.4, -0.2) is 53.4 Å². The van der Waals surface area contributed by atoms with Gasteiger partial charge in [0.15, 0.2) is 5.17 Å². The first-order valence-corrected chi connectivity index (χ1v) is 8.97. The largest absolute Gasteiger partial charge is 0.378 e. The number of amidine groups is 1. The van der Waals surface area contributed by atoms with Crippen molar-refractivity contribution in [3.8, 4) is 0 Å². The Labute approximate surface area is 149 Å². The fourth-order valence-electron chi connectivity index (χ4n) is 2.51. The number of halogens is 1. The summed E-state index contributed by atoms with van der Waals surface area (Å²) < 4.78 is 5.30. The summed E-state index contributed by atoms with van der Waals surface area (Å²) in [5.41, 5.74) is 1.47. The fraction of sp³-hybridized carbons (Fsp3) is 0.438. The molecule has 1 N–H and O–H groups in total. The third-order valence-corrected chi connectivity index (χ3v) is 5.55. The van der Waals surface area contributed by atoms with Crippen LogP contribution in [0, 0.1) is 6.92 Å². The van der Waals surface area contributed by atoms with Crippen LogP contribution in [0.2, 0.25) is 5.02 Å². The van der Waals surface area contributed by atoms with Gasteiger partial charge in [-0.1, -0.05) is 29.4 Å². The molecule has 128 valence electrons. The van der Waals surface area contributed by atoms with Gasteiger partial charge in [0.05, 0.1) is 13.2 Å². The summed E-state index contributed by atoms with van der Waals surface area (Å²) >= 11 is 7.41. The maximum absolute atomic E-state index is 12.3. The zero-order valence-corrected chi connectivity index (χ0v) is 14.8. The molecule has 2 heterocycles. The molecule has 2 aliphatic rings. The fourth-order valence-corrected chi connectivity index (χ4v) is 3.80. The summed E-state index contributed by atoms with van der Waals surface area (Å²) in [5.74, 6) is -0.468. The quantitative estimate of drug-likeness (QED) is 0.887. The Morgan fingerprint density at radius 3 is 2.96 bits per heavy atom. The molecular formula is C16H18ClN3O3S. The number of nitrogens with one attached hydrogen (secondary N) is 1. The molecule has 0 aromatic heterocycles. The molecule has 2 aliphatic heterocycles. The lowest BCUT2D eigenvalue weighted by atomic mass is 10.2. The minimum atomic E-state index is -0.470. The van der Waals surface area contributed by atoms with Crippen LogP contribution in [0.1, 0.15) is 12.0 Å². The van der Waals surface area contributed by atoms with Crippen molar-refractivity contribution in [3.63, 3.8) is 0 Å². The van der Waals surface area contributed by atoms with E-state index in [0.29, 0.717) is 29.1 Å². The average molecular weight is 368 g/mol. The standard InChI is InChI=1S/C16H18ClN3O3S/c1-10-11(17)3-2-4-12(10)18-14(21)9-13-15(22)19-16(24-13)20-5-7-23-8-6-20/h2-4,13H,5-9H2,1H3,(H,18,21)/t13-/m0/s1. The molecule has 0 spiro atoms. The van der Waals surface area contributed by atoms with Crippen molar-refractivity contribution < 1.29 is 14.3 Å². The molecule has 0 saturated carbocycles. The molecule has 1 aromatic carbocycles. The number of benzene rings is 1. The summed E-state index contributed by atoms with van der Waals surface area (Å²) in [7, 11) is 0. The number of aliphatic imine (C=N–C) groups is 1. The van der Waals surface area contributed by atoms with Crippen LogP contribution in [0.25, 0.3) is 0 Å². The Morgan fingerprint density at radius 2 is 2.21 bits per heavy atom. The highest BCUT2D eigenvalue weighted by molar-refractivity contribution is 8.15. The van der Waals surface area contributed by atoms with E-state index in [-0.39, 0.29) is 18.2 Å². The van der Waals surface area contributed by atoms with Crippen molar-refractivity contribution in [2.45, 2.75) is 18.6 Å². The molecule has 3 rings (SSSR count). The number of nitrogens with zero attached hydrogens (tertiary/aromatic N) is 2. The van der Waals surface area contributed by atoms with E-state index in [1.54, 1.807) is 18.2 Å². The SMILES string of the molecule is Cc1c(Cl)cccc1NC(=O)C[C@@H]1SC(N2CCOCC2)=NC1=O. The smallest absolute Gasteiger partial charge is 0.262 e. The molecule has 0 aliphatic carbocycles. The highest BCUT2D eigenvalue weighted by atomic mass is 35.5. The maximum atomic E-state index is 12.3. The Bertz CT molecular complexity index is 689. The van der Waals surface area contributed by atoms with Gasteiger partial charge in [-0.25, -0.2) is 0 Å². The van der Waals surface area contributed by atoms with Crippen LogP contribution in [-0.2, 0) is 14.3 Å². The first-order chi connectivity index (χ1) is 11.5. The van der Waals surface area contributed by atoms with Crippen molar-refractivity contribution in [1.29, 1.82) is 0 Å². The summed E-state index contributed by atoms with van der Waals surface area (Å²) in [6, 6.07) is 5.34. The van der Waals surface area contributed by atoms with Gasteiger partial charge in [0.2, 0.25) is 5.91 Å². The number of ether oxygens (including phenoxy) is 1. The molecular weight excluding hydrogens is 350 g/mol. The van der Waals surface area contributed by atoms with Gasteiger partial charge in [-0.3, -0.25) is 9.59 Å². The van der Waals surface area contributed by atoms with E-state index in [2.05, 4.69) is 10.3 Å². The maximum Gasteiger partial charge on any atom is 0.262 e. The molecule has 1 aromatic rings. The number of thioether (sulfide) groups is 1. The molecule has 0 unspecified atom stereocenters. The average Bonchev–Trinajstić information content (AvgIpc) is 2.93. The number of anilines is 1. The number of morpholine rings is 1. The first kappa shape index (κ1) is 17.3. The van der Waals surface area contributed by atoms with Crippen LogP contribution >= 0.6 is 23.4 Å². The Hall–Kier alpha value is -1.57. The van der Waals surface area contributed by atoms with E-state index in [1.807, 2.05) is 11.8 Å². The molecule has 1 atom stereocenters. The highest BCUT2D eigenvalue weighted by Crippen LogP contribution is 2.29. The molecule has 6 nitrogen and oxygen atoms in total. The molecule has 1 saturated heterocycles. The summed E-state index contributed by atoms with van der Waals surface area (Å²) in [5, 5.41) is 3.64. The zero-order valence-electron chi connectivity index (χ0n) is 13.3. The summed E-state index contributed by atoms with van der Waals surface area (Å²) in [6.45, 7) is 4.55. The Balaban J connectivity index is 1.57. The second kappa shape index (κ2) is 7.55. The van der Waals surface area contributed by atoms with Crippen LogP contribution < -0.4 is 5.32 Å². The number of amides is 2. The Kier molecular flexibility index (Phi) is 5.43. The van der Waals surface area contributed by atoms with Crippen LogP contribution in [0.4, 0.5) is 5.69 Å². The molecule has 1 fully saturated rings. The van der Waals surface area contributed by atoms with Crippen molar-refractivity contribution in [2.24, 2.45) is 4.99 Å². The van der Waals surface area contributed by atoms with Crippen molar-refractivity contribution in [3.05, 3.63) is 28.8 Å². The van der Waals surface area contributed by atoms with E-state index in [4.69, 9.17) is 16.3 Å². The predicted octanol–water partition coefficient (Wildman–Crippen LogP) is 2.31. The van der Waals surface area contributed by atoms with Crippen molar-refractivity contribution in [1.82, 2.24) is 4.90 Å². The lowest BCUT2D eigenvalue weighted by Gasteiger charge is -2.27. The van der Waals surface area contributed by atoms with Gasteiger partial charge in [-0.15, -0.1) is 0 Å². The van der Waals surface area contributed by atoms with Gasteiger partial charge in [0.25, 0.3) is 5.91 Å². The number of hydrogen-bond donors (Lipinski definition) is 1. The van der Waals surface area contributed by atoms with Crippen molar-refractivity contribution in [2.75, 3.05) is 31.6 Å². The third kappa shape index (κ3) is 3.91. The van der Waals surface area contributed by atoms with E-state index in [0.717, 1.165) is 18.7 Å². The topological polar surface area (TPSA) is 71.0 Å². The number of rotatable bonds is 3. The lowest BCUT2D eigenvalue weighted by Crippen LogP contribution is -2.39. The van der Waals surface area contributed by atoms with Crippen molar-refractivity contribution >= 4 is 46.0 Å². The minimum absolute atomic E-state index is 0.0901. The van der Waals surface area contributed by atoms with E-state index in [1.165, 1.54) is 11.8 Å². The second-order valence-electron chi connectivity index (χ2n) is 5.60. The van der Waals surface area contributed by atoms with Gasteiger partial charge >= 0.3 is 0 Å². The molecule has 0 radical (unpaired) electrons. The van der Waals surface area contributed by atoms with E-state index in [9.17, 15) is 9.59 Å². The van der Waals surface area contributed by atoms with E-state index >= 15 is 0 Å². The van der Waals surface area contributed by atoms with Gasteiger partial charge in [0.1, 0.15) is 5.25 Å². The molecule has 24 heavy (non-hydrogen) atoms. The minimum Gasteiger partial charge on any atom is -0.378 e. The highest BCUT2D eigenvalue weighted by Gasteiger charge is 2.33. The van der Waals surface area contributed by atoms with Crippen LogP contribution in [0.5, 0.6) is 0 Å². The monoisotopic (exact) mass is 367 g/mol. The van der Waals surface area contributed by atoms with Gasteiger partial charge in [-0.05, 0) is 24.6 Å². The number of carbonyl (C=O) groups excluding carboxylic acids is 2. The lowest BCUT2D eigenvalue weighted by molar-refractivity contribution is -0.121. The molecule has 0 bridgehead atoms. The summed E-state index contributed by atoms with van der Waals surface area (Å²) in [6.07, 6.45) is 0.0901. The predicted molar refractivity (Wildman–Crippen MR) is 95.6 cm³/mol. The normalized spacial score (nSPS) is 20.9.